The van der Waals surface area contributed by atoms with Gasteiger partial charge >= 0.3 is 5.97 Å². The molecule has 0 saturated carbocycles. The average Bonchev–Trinajstić information content (AvgIpc) is 3.07. The van der Waals surface area contributed by atoms with Crippen LogP contribution >= 0.6 is 11.8 Å². The van der Waals surface area contributed by atoms with Gasteiger partial charge in [-0.15, -0.1) is 0 Å². The standard InChI is InChI=1S/C12H14N2O4S/c1-8(12(15)16-2)6-19-7-10-13-11(18-14-10)9-4-3-5-17-9/h3-5,8H,6-7H2,1-2H3. The van der Waals surface area contributed by atoms with Crippen LogP contribution in [0, 0.1) is 5.92 Å². The molecule has 7 heteroatoms. The van der Waals surface area contributed by atoms with E-state index in [0.717, 1.165) is 0 Å². The quantitative estimate of drug-likeness (QED) is 0.752. The van der Waals surface area contributed by atoms with E-state index in [0.29, 0.717) is 29.0 Å². The summed E-state index contributed by atoms with van der Waals surface area (Å²) < 4.78 is 14.9. The van der Waals surface area contributed by atoms with Gasteiger partial charge in [-0.1, -0.05) is 12.1 Å². The Labute approximate surface area is 114 Å². The van der Waals surface area contributed by atoms with Gasteiger partial charge in [0, 0.05) is 5.75 Å². The normalized spacial score (nSPS) is 12.3. The van der Waals surface area contributed by atoms with Crippen LogP contribution in [0.2, 0.25) is 0 Å². The first kappa shape index (κ1) is 13.7. The van der Waals surface area contributed by atoms with Gasteiger partial charge in [-0.2, -0.15) is 16.7 Å². The lowest BCUT2D eigenvalue weighted by molar-refractivity contribution is -0.143. The monoisotopic (exact) mass is 282 g/mol. The van der Waals surface area contributed by atoms with Crippen molar-refractivity contribution in [2.45, 2.75) is 12.7 Å². The van der Waals surface area contributed by atoms with Gasteiger partial charge in [0.15, 0.2) is 11.6 Å². The van der Waals surface area contributed by atoms with Crippen molar-refractivity contribution in [1.82, 2.24) is 10.1 Å². The topological polar surface area (TPSA) is 78.4 Å². The molecule has 0 N–H and O–H groups in total. The lowest BCUT2D eigenvalue weighted by Crippen LogP contribution is -2.14. The zero-order valence-corrected chi connectivity index (χ0v) is 11.5. The van der Waals surface area contributed by atoms with Gasteiger partial charge in [-0.25, -0.2) is 0 Å². The van der Waals surface area contributed by atoms with E-state index < -0.39 is 0 Å². The Morgan fingerprint density at radius 1 is 1.58 bits per heavy atom. The van der Waals surface area contributed by atoms with Gasteiger partial charge in [0.25, 0.3) is 5.89 Å². The van der Waals surface area contributed by atoms with Crippen LogP contribution in [0.4, 0.5) is 0 Å². The molecule has 0 spiro atoms. The number of esters is 1. The van der Waals surface area contributed by atoms with E-state index in [2.05, 4.69) is 14.9 Å². The largest absolute Gasteiger partial charge is 0.469 e. The van der Waals surface area contributed by atoms with Crippen molar-refractivity contribution < 1.29 is 18.5 Å². The van der Waals surface area contributed by atoms with E-state index in [9.17, 15) is 4.79 Å². The average molecular weight is 282 g/mol. The molecule has 0 aliphatic carbocycles. The number of carbonyl (C=O) groups is 1. The molecular weight excluding hydrogens is 268 g/mol. The van der Waals surface area contributed by atoms with Crippen molar-refractivity contribution in [1.29, 1.82) is 0 Å². The molecule has 0 fully saturated rings. The lowest BCUT2D eigenvalue weighted by Gasteiger charge is -2.06. The molecule has 1 atom stereocenters. The minimum Gasteiger partial charge on any atom is -0.469 e. The Kier molecular flexibility index (Phi) is 4.62. The highest BCUT2D eigenvalue weighted by atomic mass is 32.2. The molecule has 0 radical (unpaired) electrons. The number of rotatable bonds is 6. The van der Waals surface area contributed by atoms with Crippen molar-refractivity contribution in [2.75, 3.05) is 12.9 Å². The van der Waals surface area contributed by atoms with Crippen LogP contribution < -0.4 is 0 Å². The molecule has 0 saturated heterocycles. The summed E-state index contributed by atoms with van der Waals surface area (Å²) in [4.78, 5) is 15.4. The second kappa shape index (κ2) is 6.42. The number of hydrogen-bond donors (Lipinski definition) is 0. The summed E-state index contributed by atoms with van der Waals surface area (Å²) in [7, 11) is 1.39. The Balaban J connectivity index is 1.83. The second-order valence-corrected chi connectivity index (χ2v) is 4.96. The van der Waals surface area contributed by atoms with Crippen LogP contribution in [0.15, 0.2) is 27.3 Å². The van der Waals surface area contributed by atoms with Crippen LogP contribution in [0.3, 0.4) is 0 Å². The van der Waals surface area contributed by atoms with Crippen LogP contribution in [-0.4, -0.2) is 29.0 Å². The molecule has 2 heterocycles. The van der Waals surface area contributed by atoms with Gasteiger partial charge in [0.1, 0.15) is 0 Å². The zero-order valence-electron chi connectivity index (χ0n) is 10.7. The molecule has 0 bridgehead atoms. The molecule has 0 aromatic carbocycles. The molecule has 1 unspecified atom stereocenters. The predicted molar refractivity (Wildman–Crippen MR) is 69.3 cm³/mol. The summed E-state index contributed by atoms with van der Waals surface area (Å²) in [5.74, 6) is 2.35. The van der Waals surface area contributed by atoms with E-state index in [1.54, 1.807) is 30.2 Å². The van der Waals surface area contributed by atoms with Gasteiger partial charge in [0.2, 0.25) is 0 Å². The van der Waals surface area contributed by atoms with Gasteiger partial charge < -0.3 is 13.7 Å². The van der Waals surface area contributed by atoms with Gasteiger partial charge in [-0.05, 0) is 12.1 Å². The third-order valence-electron chi connectivity index (χ3n) is 2.40. The van der Waals surface area contributed by atoms with Crippen molar-refractivity contribution in [3.63, 3.8) is 0 Å². The molecule has 0 aliphatic heterocycles. The Hall–Kier alpha value is -1.76. The summed E-state index contributed by atoms with van der Waals surface area (Å²) in [5, 5.41) is 3.85. The predicted octanol–water partition coefficient (Wildman–Crippen LogP) is 2.37. The van der Waals surface area contributed by atoms with E-state index >= 15 is 0 Å². The van der Waals surface area contributed by atoms with Crippen molar-refractivity contribution in [3.05, 3.63) is 24.2 Å². The number of aromatic nitrogens is 2. The highest BCUT2D eigenvalue weighted by Gasteiger charge is 2.15. The van der Waals surface area contributed by atoms with E-state index in [4.69, 9.17) is 8.94 Å². The Morgan fingerprint density at radius 3 is 3.11 bits per heavy atom. The fraction of sp³-hybridized carbons (Fsp3) is 0.417. The van der Waals surface area contributed by atoms with Gasteiger partial charge in [-0.3, -0.25) is 4.79 Å². The molecule has 2 aromatic heterocycles. The summed E-state index contributed by atoms with van der Waals surface area (Å²) in [6.45, 7) is 1.82. The van der Waals surface area contributed by atoms with Crippen LogP contribution in [-0.2, 0) is 15.3 Å². The van der Waals surface area contributed by atoms with E-state index in [1.165, 1.54) is 7.11 Å². The maximum atomic E-state index is 11.2. The van der Waals surface area contributed by atoms with E-state index in [-0.39, 0.29) is 11.9 Å². The lowest BCUT2D eigenvalue weighted by atomic mass is 10.2. The van der Waals surface area contributed by atoms with Crippen molar-refractivity contribution >= 4 is 17.7 Å². The Morgan fingerprint density at radius 2 is 2.42 bits per heavy atom. The maximum Gasteiger partial charge on any atom is 0.309 e. The third-order valence-corrected chi connectivity index (χ3v) is 3.60. The number of carbonyl (C=O) groups excluding carboxylic acids is 1. The van der Waals surface area contributed by atoms with Gasteiger partial charge in [0.05, 0.1) is 25.0 Å². The number of hydrogen-bond acceptors (Lipinski definition) is 7. The molecular formula is C12H14N2O4S. The first-order valence-electron chi connectivity index (χ1n) is 5.72. The summed E-state index contributed by atoms with van der Waals surface area (Å²) >= 11 is 1.55. The van der Waals surface area contributed by atoms with E-state index in [1.807, 2.05) is 6.92 Å². The minimum atomic E-state index is -0.211. The summed E-state index contributed by atoms with van der Waals surface area (Å²) in [6.07, 6.45) is 1.55. The first-order chi connectivity index (χ1) is 9.20. The molecule has 2 aromatic rings. The number of thioether (sulfide) groups is 1. The molecule has 102 valence electrons. The number of methoxy groups -OCH3 is 1. The first-order valence-corrected chi connectivity index (χ1v) is 6.88. The van der Waals surface area contributed by atoms with Crippen molar-refractivity contribution in [2.24, 2.45) is 5.92 Å². The smallest absolute Gasteiger partial charge is 0.309 e. The zero-order chi connectivity index (χ0) is 13.7. The van der Waals surface area contributed by atoms with Crippen LogP contribution in [0.25, 0.3) is 11.7 Å². The van der Waals surface area contributed by atoms with Crippen LogP contribution in [0.5, 0.6) is 0 Å². The number of nitrogens with zero attached hydrogens (tertiary/aromatic N) is 2. The maximum absolute atomic E-state index is 11.2. The summed E-state index contributed by atoms with van der Waals surface area (Å²) in [6, 6.07) is 3.51. The molecule has 6 nitrogen and oxygen atoms in total. The van der Waals surface area contributed by atoms with Crippen LogP contribution in [0.1, 0.15) is 12.7 Å². The molecule has 2 rings (SSSR count). The molecule has 19 heavy (non-hydrogen) atoms. The van der Waals surface area contributed by atoms with Crippen molar-refractivity contribution in [3.8, 4) is 11.7 Å². The number of furan rings is 1. The SMILES string of the molecule is COC(=O)C(C)CSCc1noc(-c2ccco2)n1. The number of ether oxygens (including phenoxy) is 1. The fourth-order valence-corrected chi connectivity index (χ4v) is 2.32. The minimum absolute atomic E-state index is 0.147. The summed E-state index contributed by atoms with van der Waals surface area (Å²) in [5.41, 5.74) is 0. The highest BCUT2D eigenvalue weighted by Crippen LogP contribution is 2.20. The molecule has 0 aliphatic rings. The fourth-order valence-electron chi connectivity index (χ4n) is 1.41. The second-order valence-electron chi connectivity index (χ2n) is 3.93. The Bertz CT molecular complexity index is 524. The third kappa shape index (κ3) is 3.60. The highest BCUT2D eigenvalue weighted by molar-refractivity contribution is 7.98. The molecule has 0 amide bonds.